The highest BCUT2D eigenvalue weighted by Crippen LogP contribution is 2.22. The second kappa shape index (κ2) is 8.64. The average molecular weight is 293 g/mol. The quantitative estimate of drug-likeness (QED) is 0.789. The maximum absolute atomic E-state index is 12.2. The van der Waals surface area contributed by atoms with E-state index in [1.165, 1.54) is 0 Å². The Hall–Kier alpha value is -1.59. The maximum Gasteiger partial charge on any atom is 0.236 e. The summed E-state index contributed by atoms with van der Waals surface area (Å²) in [4.78, 5) is 16.0. The molecule has 1 amide bonds. The van der Waals surface area contributed by atoms with Crippen molar-refractivity contribution in [3.8, 4) is 5.75 Å². The predicted molar refractivity (Wildman–Crippen MR) is 85.3 cm³/mol. The number of benzene rings is 1. The second-order valence-corrected chi connectivity index (χ2v) is 5.01. The first-order valence-corrected chi connectivity index (χ1v) is 7.39. The average Bonchev–Trinajstić information content (AvgIpc) is 2.49. The van der Waals surface area contributed by atoms with Gasteiger partial charge in [0.15, 0.2) is 0 Å². The van der Waals surface area contributed by atoms with Crippen molar-refractivity contribution in [2.45, 2.75) is 19.9 Å². The Morgan fingerprint density at radius 3 is 2.52 bits per heavy atom. The molecule has 1 aromatic rings. The number of amides is 1. The van der Waals surface area contributed by atoms with Gasteiger partial charge in [0.05, 0.1) is 13.7 Å². The fraction of sp³-hybridized carbons (Fsp3) is 0.562. The van der Waals surface area contributed by atoms with Crippen LogP contribution in [0.15, 0.2) is 24.3 Å². The van der Waals surface area contributed by atoms with Gasteiger partial charge in [0, 0.05) is 25.7 Å². The first kappa shape index (κ1) is 17.5. The van der Waals surface area contributed by atoms with Gasteiger partial charge in [-0.15, -0.1) is 0 Å². The minimum atomic E-state index is -0.000359. The third-order valence-corrected chi connectivity index (χ3v) is 3.73. The van der Waals surface area contributed by atoms with Crippen LogP contribution in [0.25, 0.3) is 0 Å². The SMILES string of the molecule is CCN(CC)C(=O)CN(C)C(CN)c1cccc(OC)c1. The fourth-order valence-corrected chi connectivity index (χ4v) is 2.42. The normalized spacial score (nSPS) is 12.3. The Morgan fingerprint density at radius 2 is 2.00 bits per heavy atom. The Bertz CT molecular complexity index is 447. The summed E-state index contributed by atoms with van der Waals surface area (Å²) in [5.41, 5.74) is 6.97. The molecule has 118 valence electrons. The molecule has 21 heavy (non-hydrogen) atoms. The summed E-state index contributed by atoms with van der Waals surface area (Å²) in [6.07, 6.45) is 0. The first-order chi connectivity index (χ1) is 10.1. The van der Waals surface area contributed by atoms with Gasteiger partial charge in [-0.2, -0.15) is 0 Å². The van der Waals surface area contributed by atoms with E-state index in [1.807, 2.05) is 55.0 Å². The topological polar surface area (TPSA) is 58.8 Å². The third-order valence-electron chi connectivity index (χ3n) is 3.73. The van der Waals surface area contributed by atoms with Gasteiger partial charge in [-0.1, -0.05) is 12.1 Å². The van der Waals surface area contributed by atoms with E-state index in [0.717, 1.165) is 24.4 Å². The molecule has 0 saturated carbocycles. The van der Waals surface area contributed by atoms with Crippen molar-refractivity contribution >= 4 is 5.91 Å². The molecule has 0 bridgehead atoms. The number of methoxy groups -OCH3 is 1. The highest BCUT2D eigenvalue weighted by molar-refractivity contribution is 5.78. The first-order valence-electron chi connectivity index (χ1n) is 7.39. The summed E-state index contributed by atoms with van der Waals surface area (Å²) < 4.78 is 5.25. The highest BCUT2D eigenvalue weighted by atomic mass is 16.5. The number of hydrogen-bond donors (Lipinski definition) is 1. The van der Waals surface area contributed by atoms with Gasteiger partial charge < -0.3 is 15.4 Å². The molecule has 1 unspecified atom stereocenters. The van der Waals surface area contributed by atoms with E-state index in [0.29, 0.717) is 13.1 Å². The summed E-state index contributed by atoms with van der Waals surface area (Å²) in [6, 6.07) is 7.82. The number of nitrogens with zero attached hydrogens (tertiary/aromatic N) is 2. The number of carbonyl (C=O) groups excluding carboxylic acids is 1. The molecule has 0 radical (unpaired) electrons. The molecule has 0 aromatic heterocycles. The molecule has 1 aromatic carbocycles. The zero-order valence-corrected chi connectivity index (χ0v) is 13.5. The molecule has 2 N–H and O–H groups in total. The molecule has 1 rings (SSSR count). The number of carbonyl (C=O) groups is 1. The van der Waals surface area contributed by atoms with Crippen molar-refractivity contribution in [3.63, 3.8) is 0 Å². The predicted octanol–water partition coefficient (Wildman–Crippen LogP) is 1.50. The molecular weight excluding hydrogens is 266 g/mol. The van der Waals surface area contributed by atoms with E-state index in [-0.39, 0.29) is 11.9 Å². The van der Waals surface area contributed by atoms with Crippen LogP contribution >= 0.6 is 0 Å². The third kappa shape index (κ3) is 4.72. The molecule has 0 fully saturated rings. The summed E-state index contributed by atoms with van der Waals surface area (Å²) in [5, 5.41) is 0. The van der Waals surface area contributed by atoms with Crippen molar-refractivity contribution in [2.24, 2.45) is 5.73 Å². The van der Waals surface area contributed by atoms with E-state index >= 15 is 0 Å². The van der Waals surface area contributed by atoms with E-state index in [9.17, 15) is 4.79 Å². The fourth-order valence-electron chi connectivity index (χ4n) is 2.42. The van der Waals surface area contributed by atoms with Gasteiger partial charge in [0.1, 0.15) is 5.75 Å². The number of likely N-dealkylation sites (N-methyl/N-ethyl adjacent to an activating group) is 2. The van der Waals surface area contributed by atoms with Crippen molar-refractivity contribution in [1.29, 1.82) is 0 Å². The van der Waals surface area contributed by atoms with E-state index in [1.54, 1.807) is 7.11 Å². The van der Waals surface area contributed by atoms with Crippen molar-refractivity contribution < 1.29 is 9.53 Å². The van der Waals surface area contributed by atoms with E-state index in [2.05, 4.69) is 0 Å². The van der Waals surface area contributed by atoms with Crippen LogP contribution in [0.1, 0.15) is 25.5 Å². The maximum atomic E-state index is 12.2. The number of nitrogens with two attached hydrogens (primary N) is 1. The largest absolute Gasteiger partial charge is 0.497 e. The van der Waals surface area contributed by atoms with Gasteiger partial charge in [0.2, 0.25) is 5.91 Å². The minimum Gasteiger partial charge on any atom is -0.497 e. The van der Waals surface area contributed by atoms with Crippen LogP contribution in [-0.2, 0) is 4.79 Å². The second-order valence-electron chi connectivity index (χ2n) is 5.01. The lowest BCUT2D eigenvalue weighted by Gasteiger charge is -2.29. The standard InChI is InChI=1S/C16H27N3O2/c1-5-19(6-2)16(20)12-18(3)15(11-17)13-8-7-9-14(10-13)21-4/h7-10,15H,5-6,11-12,17H2,1-4H3. The summed E-state index contributed by atoms with van der Waals surface area (Å²) in [6.45, 7) is 6.26. The molecule has 0 aliphatic heterocycles. The lowest BCUT2D eigenvalue weighted by Crippen LogP contribution is -2.41. The van der Waals surface area contributed by atoms with Crippen LogP contribution in [0, 0.1) is 0 Å². The van der Waals surface area contributed by atoms with Crippen LogP contribution in [-0.4, -0.2) is 56.0 Å². The lowest BCUT2D eigenvalue weighted by atomic mass is 10.1. The number of ether oxygens (including phenoxy) is 1. The summed E-state index contributed by atoms with van der Waals surface area (Å²) >= 11 is 0. The molecule has 0 aliphatic rings. The summed E-state index contributed by atoms with van der Waals surface area (Å²) in [5.74, 6) is 0.929. The highest BCUT2D eigenvalue weighted by Gasteiger charge is 2.20. The van der Waals surface area contributed by atoms with Crippen LogP contribution in [0.3, 0.4) is 0 Å². The molecule has 1 atom stereocenters. The molecular formula is C16H27N3O2. The van der Waals surface area contributed by atoms with Crippen LogP contribution in [0.5, 0.6) is 5.75 Å². The smallest absolute Gasteiger partial charge is 0.236 e. The molecule has 5 nitrogen and oxygen atoms in total. The molecule has 0 heterocycles. The van der Waals surface area contributed by atoms with Crippen molar-refractivity contribution in [1.82, 2.24) is 9.80 Å². The zero-order chi connectivity index (χ0) is 15.8. The van der Waals surface area contributed by atoms with E-state index in [4.69, 9.17) is 10.5 Å². The van der Waals surface area contributed by atoms with Crippen LogP contribution in [0.4, 0.5) is 0 Å². The Labute approximate surface area is 127 Å². The molecule has 0 aliphatic carbocycles. The van der Waals surface area contributed by atoms with Crippen molar-refractivity contribution in [3.05, 3.63) is 29.8 Å². The molecule has 0 saturated heterocycles. The molecule has 0 spiro atoms. The zero-order valence-electron chi connectivity index (χ0n) is 13.5. The number of hydrogen-bond acceptors (Lipinski definition) is 4. The van der Waals surface area contributed by atoms with Crippen LogP contribution in [0.2, 0.25) is 0 Å². The van der Waals surface area contributed by atoms with Gasteiger partial charge in [-0.3, -0.25) is 9.69 Å². The monoisotopic (exact) mass is 293 g/mol. The van der Waals surface area contributed by atoms with Gasteiger partial charge in [-0.25, -0.2) is 0 Å². The Morgan fingerprint density at radius 1 is 1.33 bits per heavy atom. The van der Waals surface area contributed by atoms with Gasteiger partial charge in [-0.05, 0) is 38.6 Å². The van der Waals surface area contributed by atoms with Crippen molar-refractivity contribution in [2.75, 3.05) is 40.3 Å². The number of rotatable bonds is 8. The molecule has 5 heteroatoms. The van der Waals surface area contributed by atoms with Crippen LogP contribution < -0.4 is 10.5 Å². The van der Waals surface area contributed by atoms with Gasteiger partial charge in [0.25, 0.3) is 0 Å². The summed E-state index contributed by atoms with van der Waals surface area (Å²) in [7, 11) is 3.57. The lowest BCUT2D eigenvalue weighted by molar-refractivity contribution is -0.132. The van der Waals surface area contributed by atoms with Gasteiger partial charge >= 0.3 is 0 Å². The Balaban J connectivity index is 2.81. The Kier molecular flexibility index (Phi) is 7.19. The minimum absolute atomic E-state index is 0.000359. The van der Waals surface area contributed by atoms with E-state index < -0.39 is 0 Å².